The molecular weight excluding hydrogens is 476 g/mol. The third kappa shape index (κ3) is 4.62. The van der Waals surface area contributed by atoms with Gasteiger partial charge in [0.2, 0.25) is 0 Å². The Morgan fingerprint density at radius 2 is 1.58 bits per heavy atom. The topological polar surface area (TPSA) is 184 Å². The zero-order valence-corrected chi connectivity index (χ0v) is 18.9. The maximum atomic E-state index is 13.1. The highest BCUT2D eigenvalue weighted by Crippen LogP contribution is 2.38. The summed E-state index contributed by atoms with van der Waals surface area (Å²) in [6.07, 6.45) is -11.3. The summed E-state index contributed by atoms with van der Waals surface area (Å²) in [5.41, 5.74) is -0.779. The lowest BCUT2D eigenvalue weighted by molar-refractivity contribution is -0.302. The maximum Gasteiger partial charge on any atom is 0.343 e. The highest BCUT2D eigenvalue weighted by Gasteiger charge is 2.49. The van der Waals surface area contributed by atoms with Crippen LogP contribution in [0.2, 0.25) is 0 Å². The van der Waals surface area contributed by atoms with Gasteiger partial charge in [-0.3, -0.25) is 4.79 Å². The van der Waals surface area contributed by atoms with Crippen LogP contribution in [0.4, 0.5) is 0 Å². The molecule has 4 rings (SSSR count). The molecular formula is C25H24O11. The van der Waals surface area contributed by atoms with Gasteiger partial charge in [0.1, 0.15) is 35.7 Å². The lowest BCUT2D eigenvalue weighted by Crippen LogP contribution is -2.61. The molecule has 36 heavy (non-hydrogen) atoms. The zero-order valence-electron chi connectivity index (χ0n) is 18.9. The number of benzene rings is 2. The number of carbonyl (C=O) groups is 2. The Hall–Kier alpha value is -3.61. The van der Waals surface area contributed by atoms with Gasteiger partial charge in [0.05, 0.1) is 16.9 Å². The summed E-state index contributed by atoms with van der Waals surface area (Å²) in [5, 5.41) is 51.1. The van der Waals surface area contributed by atoms with Gasteiger partial charge < -0.3 is 39.4 Å². The van der Waals surface area contributed by atoms with Crippen molar-refractivity contribution in [3.8, 4) is 5.75 Å². The van der Waals surface area contributed by atoms with Crippen LogP contribution in [-0.4, -0.2) is 74.1 Å². The molecule has 1 fully saturated rings. The Labute approximate surface area is 203 Å². The van der Waals surface area contributed by atoms with Crippen LogP contribution >= 0.6 is 0 Å². The molecule has 3 aromatic rings. The van der Waals surface area contributed by atoms with Crippen molar-refractivity contribution in [2.24, 2.45) is 0 Å². The van der Waals surface area contributed by atoms with Gasteiger partial charge in [-0.05, 0) is 24.6 Å². The van der Waals surface area contributed by atoms with E-state index in [2.05, 4.69) is 0 Å². The molecule has 2 aromatic carbocycles. The summed E-state index contributed by atoms with van der Waals surface area (Å²) in [6, 6.07) is 14.3. The molecule has 0 aliphatic carbocycles. The van der Waals surface area contributed by atoms with Crippen molar-refractivity contribution >= 4 is 22.7 Å². The van der Waals surface area contributed by atoms with Gasteiger partial charge in [-0.15, -0.1) is 0 Å². The minimum Gasteiger partial charge on any atom is -0.507 e. The first-order valence-corrected chi connectivity index (χ1v) is 11.0. The molecule has 1 saturated heterocycles. The number of carbonyl (C=O) groups excluding carboxylic acids is 1. The maximum absolute atomic E-state index is 13.1. The summed E-state index contributed by atoms with van der Waals surface area (Å²) >= 11 is 0. The van der Waals surface area contributed by atoms with Crippen molar-refractivity contribution in [3.05, 3.63) is 76.1 Å². The van der Waals surface area contributed by atoms with E-state index < -0.39 is 65.9 Å². The first-order valence-electron chi connectivity index (χ1n) is 11.0. The highest BCUT2D eigenvalue weighted by molar-refractivity contribution is 5.86. The van der Waals surface area contributed by atoms with Crippen LogP contribution in [-0.2, 0) is 19.1 Å². The molecule has 7 atom stereocenters. The van der Waals surface area contributed by atoms with Crippen LogP contribution in [0.3, 0.4) is 0 Å². The Balaban J connectivity index is 1.84. The molecule has 5 N–H and O–H groups in total. The van der Waals surface area contributed by atoms with Gasteiger partial charge in [-0.1, -0.05) is 42.5 Å². The second kappa shape index (κ2) is 10.2. The molecule has 1 aliphatic rings. The van der Waals surface area contributed by atoms with Gasteiger partial charge in [0.15, 0.2) is 18.2 Å². The SMILES string of the molecule is CC(=O)C(O[C@@H]1O[C@H](C(=O)O)[C@@H](O)[C@H](O)[C@H]1O)C(c1ccccc1)c1c(O)c2ccccc2oc1=O. The molecule has 1 aliphatic heterocycles. The van der Waals surface area contributed by atoms with Crippen molar-refractivity contribution in [1.29, 1.82) is 0 Å². The molecule has 2 heterocycles. The predicted molar refractivity (Wildman–Crippen MR) is 122 cm³/mol. The van der Waals surface area contributed by atoms with Crippen molar-refractivity contribution in [2.75, 3.05) is 0 Å². The van der Waals surface area contributed by atoms with E-state index in [4.69, 9.17) is 13.9 Å². The third-order valence-electron chi connectivity index (χ3n) is 6.09. The lowest BCUT2D eigenvalue weighted by atomic mass is 9.84. The molecule has 0 radical (unpaired) electrons. The first kappa shape index (κ1) is 25.5. The smallest absolute Gasteiger partial charge is 0.343 e. The van der Waals surface area contributed by atoms with Crippen LogP contribution in [0.15, 0.2) is 63.8 Å². The highest BCUT2D eigenvalue weighted by atomic mass is 16.7. The Bertz CT molecular complexity index is 1320. The summed E-state index contributed by atoms with van der Waals surface area (Å²) < 4.78 is 16.3. The van der Waals surface area contributed by atoms with Crippen LogP contribution in [0, 0.1) is 0 Å². The van der Waals surface area contributed by atoms with Crippen LogP contribution in [0.1, 0.15) is 24.0 Å². The number of hydrogen-bond donors (Lipinski definition) is 5. The third-order valence-corrected chi connectivity index (χ3v) is 6.09. The van der Waals surface area contributed by atoms with Gasteiger partial charge in [0, 0.05) is 0 Å². The number of aliphatic hydroxyl groups excluding tert-OH is 3. The number of ketones is 1. The van der Waals surface area contributed by atoms with Gasteiger partial charge in [-0.2, -0.15) is 0 Å². The van der Waals surface area contributed by atoms with E-state index in [9.17, 15) is 39.9 Å². The predicted octanol–water partition coefficient (Wildman–Crippen LogP) is 0.497. The van der Waals surface area contributed by atoms with Crippen molar-refractivity contribution < 1.29 is 49.0 Å². The number of aliphatic carboxylic acids is 1. The van der Waals surface area contributed by atoms with E-state index in [0.29, 0.717) is 5.56 Å². The second-order valence-corrected chi connectivity index (χ2v) is 8.44. The molecule has 11 nitrogen and oxygen atoms in total. The van der Waals surface area contributed by atoms with Crippen LogP contribution in [0.25, 0.3) is 11.0 Å². The summed E-state index contributed by atoms with van der Waals surface area (Å²) in [6.45, 7) is 1.13. The normalized spacial score (nSPS) is 25.8. The first-order chi connectivity index (χ1) is 17.1. The van der Waals surface area contributed by atoms with Crippen molar-refractivity contribution in [1.82, 2.24) is 0 Å². The standard InChI is InChI=1S/C25H24O11/c1-11(26)21(35-25-20(30)18(28)19(29)22(36-25)23(31)32)15(12-7-3-2-4-8-12)16-17(27)13-9-5-6-10-14(13)34-24(16)33/h2-10,15,18-22,25,27-30H,1H3,(H,31,32)/t15?,18-,19-,20+,21?,22-,25+/m0/s1. The van der Waals surface area contributed by atoms with E-state index in [-0.39, 0.29) is 16.5 Å². The quantitative estimate of drug-likeness (QED) is 0.285. The van der Waals surface area contributed by atoms with Crippen LogP contribution < -0.4 is 5.63 Å². The average Bonchev–Trinajstić information content (AvgIpc) is 2.85. The van der Waals surface area contributed by atoms with Crippen molar-refractivity contribution in [2.45, 2.75) is 49.7 Å². The molecule has 0 bridgehead atoms. The number of rotatable bonds is 7. The van der Waals surface area contributed by atoms with Crippen molar-refractivity contribution in [3.63, 3.8) is 0 Å². The number of Topliss-reactive ketones (excluding diaryl/α,β-unsaturated/α-hetero) is 1. The molecule has 0 saturated carbocycles. The molecule has 11 heteroatoms. The minimum atomic E-state index is -1.97. The van der Waals surface area contributed by atoms with Gasteiger partial charge >= 0.3 is 11.6 Å². The monoisotopic (exact) mass is 500 g/mol. The van der Waals surface area contributed by atoms with E-state index >= 15 is 0 Å². The lowest BCUT2D eigenvalue weighted by Gasteiger charge is -2.40. The number of para-hydroxylation sites is 1. The summed E-state index contributed by atoms with van der Waals surface area (Å²) in [7, 11) is 0. The van der Waals surface area contributed by atoms with E-state index in [1.54, 1.807) is 42.5 Å². The Kier molecular flexibility index (Phi) is 7.20. The number of aromatic hydroxyl groups is 1. The van der Waals surface area contributed by atoms with E-state index in [1.165, 1.54) is 12.1 Å². The molecule has 1 aromatic heterocycles. The number of carboxylic acid groups (broad SMARTS) is 1. The van der Waals surface area contributed by atoms with E-state index in [0.717, 1.165) is 6.92 Å². The number of carboxylic acids is 1. The fraction of sp³-hybridized carbons (Fsp3) is 0.320. The number of hydrogen-bond acceptors (Lipinski definition) is 10. The average molecular weight is 500 g/mol. The van der Waals surface area contributed by atoms with E-state index in [1.807, 2.05) is 0 Å². The zero-order chi connectivity index (χ0) is 26.1. The summed E-state index contributed by atoms with van der Waals surface area (Å²) in [4.78, 5) is 37.4. The summed E-state index contributed by atoms with van der Waals surface area (Å²) in [5.74, 6) is -4.03. The molecule has 0 amide bonds. The second-order valence-electron chi connectivity index (χ2n) is 8.44. The van der Waals surface area contributed by atoms with Gasteiger partial charge in [0.25, 0.3) is 0 Å². The number of aliphatic hydroxyl groups is 3. The van der Waals surface area contributed by atoms with Gasteiger partial charge in [-0.25, -0.2) is 9.59 Å². The fourth-order valence-electron chi connectivity index (χ4n) is 4.29. The Morgan fingerprint density at radius 3 is 2.22 bits per heavy atom. The number of fused-ring (bicyclic) bond motifs is 1. The molecule has 0 spiro atoms. The fourth-order valence-corrected chi connectivity index (χ4v) is 4.29. The Morgan fingerprint density at radius 1 is 0.944 bits per heavy atom. The number of ether oxygens (including phenoxy) is 2. The largest absolute Gasteiger partial charge is 0.507 e. The minimum absolute atomic E-state index is 0.114. The molecule has 2 unspecified atom stereocenters. The van der Waals surface area contributed by atoms with Crippen LogP contribution in [0.5, 0.6) is 5.75 Å². The molecule has 190 valence electrons.